The van der Waals surface area contributed by atoms with E-state index in [1.54, 1.807) is 5.38 Å². The van der Waals surface area contributed by atoms with Gasteiger partial charge >= 0.3 is 11.9 Å². The molecule has 15 heteroatoms. The molecule has 1 fully saturated rings. The summed E-state index contributed by atoms with van der Waals surface area (Å²) in [5.74, 6) is -2.25. The minimum atomic E-state index is -1.06. The van der Waals surface area contributed by atoms with Crippen molar-refractivity contribution in [2.45, 2.75) is 29.2 Å². The number of fused-ring (bicyclic) bond motifs is 1. The summed E-state index contributed by atoms with van der Waals surface area (Å²) in [6.07, 6.45) is -1.48. The topological polar surface area (TPSA) is 149 Å². The van der Waals surface area contributed by atoms with Crippen molar-refractivity contribution in [2.24, 2.45) is 5.16 Å². The molecule has 2 aliphatic rings. The van der Waals surface area contributed by atoms with Crippen molar-refractivity contribution in [1.29, 1.82) is 0 Å². The first-order chi connectivity index (χ1) is 36.8. The Balaban J connectivity index is 0.943. The number of hydrogen-bond acceptors (Lipinski definition) is 12. The van der Waals surface area contributed by atoms with Crippen LogP contribution in [0.3, 0.4) is 0 Å². The zero-order chi connectivity index (χ0) is 51.6. The van der Waals surface area contributed by atoms with Crippen molar-refractivity contribution in [2.75, 3.05) is 22.1 Å². The van der Waals surface area contributed by atoms with Gasteiger partial charge in [0, 0.05) is 15.6 Å². The number of esters is 2. The largest absolute Gasteiger partial charge is 0.450 e. The van der Waals surface area contributed by atoms with E-state index in [0.29, 0.717) is 15.3 Å². The van der Waals surface area contributed by atoms with Gasteiger partial charge < -0.3 is 24.9 Å². The average Bonchev–Trinajstić information content (AvgIpc) is 3.95. The Labute approximate surface area is 456 Å². The number of alkyl halides is 1. The number of β-lactam (4-membered cyclic amide) rings is 1. The summed E-state index contributed by atoms with van der Waals surface area (Å²) in [5.41, 5.74) is 5.66. The highest BCUT2D eigenvalue weighted by molar-refractivity contribution is 14.1. The molecular weight excluding hydrogens is 1090 g/mol. The quantitative estimate of drug-likeness (QED) is 0.0152. The first kappa shape index (κ1) is 50.7. The molecule has 0 aliphatic carbocycles. The van der Waals surface area contributed by atoms with Gasteiger partial charge in [-0.2, -0.15) is 0 Å². The fourth-order valence-electron chi connectivity index (χ4n) is 9.22. The van der Waals surface area contributed by atoms with Crippen molar-refractivity contribution >= 4 is 80.3 Å². The fraction of sp³-hybridized carbons (Fsp3) is 0.133. The van der Waals surface area contributed by atoms with E-state index >= 15 is 0 Å². The molecule has 0 bridgehead atoms. The normalized spacial score (nSPS) is 15.4. The number of amides is 2. The second-order valence-electron chi connectivity index (χ2n) is 17.5. The second kappa shape index (κ2) is 23.6. The standard InChI is InChI=1S/C60H48IN5O7S2/c61-36-44-38-74-57-51(56(69)66(57)52(44)58(70)73-54(42-26-12-3-13-27-42)43-28-14-4-15-29-43)63-55(68)50(65-71-37-49(67)72-53(40-22-8-1-9-23-40)41-24-10-2-11-25-41)48-39-75-59(62-48)64-60(45-30-16-5-17-31-45,46-32-18-6-19-33-46)47-34-20-7-21-35-47/h1-35,39,51,53-54,57H,36-38H2,(H,62,64)(H,63,68)/t51-,57-/m1/s1. The number of oxime groups is 1. The lowest BCUT2D eigenvalue weighted by Crippen LogP contribution is -2.71. The lowest BCUT2D eigenvalue weighted by Gasteiger charge is -2.49. The highest BCUT2D eigenvalue weighted by Crippen LogP contribution is 2.43. The average molecular weight is 1140 g/mol. The number of thiazole rings is 1. The first-order valence-corrected chi connectivity index (χ1v) is 27.5. The Hall–Kier alpha value is -7.86. The SMILES string of the molecule is O=C(CON=C(C(=O)N[C@@H]1C(=O)N2C(C(=O)OC(c3ccccc3)c3ccccc3)=C(CI)CS[C@H]12)c1csc(NC(c2ccccc2)(c2ccccc2)c2ccccc2)n1)OC(c1ccccc1)c1ccccc1. The lowest BCUT2D eigenvalue weighted by atomic mass is 9.77. The van der Waals surface area contributed by atoms with Gasteiger partial charge in [-0.25, -0.2) is 14.6 Å². The number of thioether (sulfide) groups is 1. The Morgan fingerprint density at radius 1 is 0.653 bits per heavy atom. The minimum Gasteiger partial charge on any atom is -0.450 e. The van der Waals surface area contributed by atoms with Crippen LogP contribution in [-0.2, 0) is 39.0 Å². The van der Waals surface area contributed by atoms with Crippen LogP contribution in [0.2, 0.25) is 0 Å². The maximum atomic E-state index is 14.8. The van der Waals surface area contributed by atoms with Crippen LogP contribution >= 0.6 is 45.7 Å². The predicted octanol–water partition coefficient (Wildman–Crippen LogP) is 11.0. The zero-order valence-corrected chi connectivity index (χ0v) is 43.9. The van der Waals surface area contributed by atoms with Crippen LogP contribution in [0.1, 0.15) is 56.8 Å². The van der Waals surface area contributed by atoms with Crippen LogP contribution in [0.5, 0.6) is 0 Å². The molecule has 1 saturated heterocycles. The molecule has 10 rings (SSSR count). The molecule has 2 aliphatic heterocycles. The van der Waals surface area contributed by atoms with Crippen LogP contribution in [0, 0.1) is 0 Å². The molecule has 2 atom stereocenters. The first-order valence-electron chi connectivity index (χ1n) is 24.1. The lowest BCUT2D eigenvalue weighted by molar-refractivity contribution is -0.154. The molecular formula is C60H48IN5O7S2. The molecule has 374 valence electrons. The van der Waals surface area contributed by atoms with Crippen molar-refractivity contribution in [3.63, 3.8) is 0 Å². The van der Waals surface area contributed by atoms with Crippen molar-refractivity contribution in [3.05, 3.63) is 274 Å². The van der Waals surface area contributed by atoms with Crippen molar-refractivity contribution in [1.82, 2.24) is 15.2 Å². The third kappa shape index (κ3) is 11.0. The highest BCUT2D eigenvalue weighted by atomic mass is 127. The Morgan fingerprint density at radius 3 is 1.55 bits per heavy atom. The van der Waals surface area contributed by atoms with E-state index in [2.05, 4.69) is 38.4 Å². The van der Waals surface area contributed by atoms with E-state index in [4.69, 9.17) is 19.3 Å². The molecule has 2 N–H and O–H groups in total. The number of nitrogens with one attached hydrogen (secondary N) is 2. The molecule has 3 heterocycles. The van der Waals surface area contributed by atoms with Crippen molar-refractivity contribution < 1.29 is 33.5 Å². The molecule has 0 unspecified atom stereocenters. The predicted molar refractivity (Wildman–Crippen MR) is 300 cm³/mol. The number of hydrogen-bond donors (Lipinski definition) is 2. The monoisotopic (exact) mass is 1140 g/mol. The van der Waals surface area contributed by atoms with Crippen LogP contribution in [-0.4, -0.2) is 67.6 Å². The molecule has 0 saturated carbocycles. The minimum absolute atomic E-state index is 0.118. The van der Waals surface area contributed by atoms with Gasteiger partial charge in [-0.3, -0.25) is 14.5 Å². The third-order valence-corrected chi connectivity index (χ3v) is 15.8. The number of anilines is 1. The summed E-state index contributed by atoms with van der Waals surface area (Å²) in [4.78, 5) is 69.3. The number of halogens is 1. The Bertz CT molecular complexity index is 3140. The number of carbonyl (C=O) groups excluding carboxylic acids is 4. The van der Waals surface area contributed by atoms with E-state index < -0.39 is 59.5 Å². The Kier molecular flexibility index (Phi) is 15.9. The molecule has 7 aromatic carbocycles. The van der Waals surface area contributed by atoms with E-state index in [1.807, 2.05) is 212 Å². The summed E-state index contributed by atoms with van der Waals surface area (Å²) >= 11 is 4.87. The van der Waals surface area contributed by atoms with Gasteiger partial charge in [0.25, 0.3) is 11.8 Å². The van der Waals surface area contributed by atoms with Gasteiger partial charge in [0.2, 0.25) is 6.61 Å². The van der Waals surface area contributed by atoms with Gasteiger partial charge in [0.05, 0.1) is 0 Å². The van der Waals surface area contributed by atoms with E-state index in [1.165, 1.54) is 28.0 Å². The summed E-state index contributed by atoms with van der Waals surface area (Å²) < 4.78 is 12.7. The van der Waals surface area contributed by atoms with Crippen molar-refractivity contribution in [3.8, 4) is 0 Å². The molecule has 75 heavy (non-hydrogen) atoms. The highest BCUT2D eigenvalue weighted by Gasteiger charge is 2.55. The summed E-state index contributed by atoms with van der Waals surface area (Å²) in [6, 6.07) is 66.5. The molecule has 0 spiro atoms. The number of ether oxygens (including phenoxy) is 2. The summed E-state index contributed by atoms with van der Waals surface area (Å²) in [6.45, 7) is -0.655. The molecule has 2 amide bonds. The Morgan fingerprint density at radius 2 is 1.09 bits per heavy atom. The maximum absolute atomic E-state index is 14.8. The number of aromatic nitrogens is 1. The summed E-state index contributed by atoms with van der Waals surface area (Å²) in [7, 11) is 0. The molecule has 1 aromatic heterocycles. The van der Waals surface area contributed by atoms with E-state index in [-0.39, 0.29) is 17.1 Å². The van der Waals surface area contributed by atoms with Gasteiger partial charge in [-0.15, -0.1) is 23.1 Å². The van der Waals surface area contributed by atoms with Crippen LogP contribution in [0.25, 0.3) is 0 Å². The number of rotatable bonds is 19. The van der Waals surface area contributed by atoms with Crippen LogP contribution in [0.4, 0.5) is 5.13 Å². The zero-order valence-electron chi connectivity index (χ0n) is 40.1. The van der Waals surface area contributed by atoms with Gasteiger partial charge in [0.1, 0.15) is 28.3 Å². The molecule has 12 nitrogen and oxygen atoms in total. The third-order valence-electron chi connectivity index (χ3n) is 12.8. The maximum Gasteiger partial charge on any atom is 0.356 e. The second-order valence-corrected chi connectivity index (χ2v) is 20.2. The molecule has 8 aromatic rings. The van der Waals surface area contributed by atoms with Gasteiger partial charge in [0.15, 0.2) is 23.1 Å². The number of carbonyl (C=O) groups is 4. The van der Waals surface area contributed by atoms with E-state index in [9.17, 15) is 19.2 Å². The number of benzene rings is 7. The number of nitrogens with zero attached hydrogens (tertiary/aromatic N) is 3. The van der Waals surface area contributed by atoms with Crippen LogP contribution in [0.15, 0.2) is 234 Å². The van der Waals surface area contributed by atoms with Crippen LogP contribution < -0.4 is 10.6 Å². The van der Waals surface area contributed by atoms with Gasteiger partial charge in [-0.05, 0) is 44.5 Å². The van der Waals surface area contributed by atoms with E-state index in [0.717, 1.165) is 44.5 Å². The van der Waals surface area contributed by atoms with Gasteiger partial charge in [-0.1, -0.05) is 240 Å². The smallest absolute Gasteiger partial charge is 0.356 e. The fourth-order valence-corrected chi connectivity index (χ4v) is 12.3. The summed E-state index contributed by atoms with van der Waals surface area (Å²) in [5, 5.41) is 12.4. The molecule has 0 radical (unpaired) electrons.